The predicted octanol–water partition coefficient (Wildman–Crippen LogP) is 4.12. The lowest BCUT2D eigenvalue weighted by atomic mass is 9.86. The summed E-state index contributed by atoms with van der Waals surface area (Å²) in [4.78, 5) is 25.1. The highest BCUT2D eigenvalue weighted by Gasteiger charge is 2.24. The summed E-state index contributed by atoms with van der Waals surface area (Å²) < 4.78 is 0. The van der Waals surface area contributed by atoms with Gasteiger partial charge >= 0.3 is 0 Å². The molecule has 0 aliphatic rings. The number of rotatable bonds is 6. The number of thiophene rings is 1. The molecule has 4 nitrogen and oxygen atoms in total. The Morgan fingerprint density at radius 2 is 1.73 bits per heavy atom. The number of hydrogen-bond donors (Lipinski definition) is 2. The molecule has 0 spiro atoms. The third-order valence-corrected chi connectivity index (χ3v) is 5.03. The zero-order valence-electron chi connectivity index (χ0n) is 16.1. The van der Waals surface area contributed by atoms with Gasteiger partial charge in [0, 0.05) is 12.1 Å². The maximum atomic E-state index is 12.6. The Bertz CT molecular complexity index is 728. The maximum Gasteiger partial charge on any atom is 0.251 e. The van der Waals surface area contributed by atoms with Gasteiger partial charge in [-0.1, -0.05) is 46.8 Å². The molecule has 2 aromatic rings. The molecule has 0 saturated carbocycles. The molecule has 5 heteroatoms. The zero-order chi connectivity index (χ0) is 19.3. The van der Waals surface area contributed by atoms with E-state index in [9.17, 15) is 9.59 Å². The minimum Gasteiger partial charge on any atom is -0.350 e. The molecular weight excluding hydrogens is 344 g/mol. The molecule has 1 aromatic heterocycles. The van der Waals surface area contributed by atoms with E-state index in [2.05, 4.69) is 31.4 Å². The summed E-state index contributed by atoms with van der Waals surface area (Å²) in [6.07, 6.45) is 0. The van der Waals surface area contributed by atoms with Crippen LogP contribution in [0.4, 0.5) is 0 Å². The summed E-state index contributed by atoms with van der Waals surface area (Å²) in [7, 11) is 0. The Hall–Kier alpha value is -2.14. The fourth-order valence-electron chi connectivity index (χ4n) is 2.57. The largest absolute Gasteiger partial charge is 0.350 e. The van der Waals surface area contributed by atoms with E-state index < -0.39 is 6.04 Å². The van der Waals surface area contributed by atoms with Crippen molar-refractivity contribution < 1.29 is 9.59 Å². The number of benzene rings is 1. The molecule has 0 bridgehead atoms. The molecule has 2 N–H and O–H groups in total. The van der Waals surface area contributed by atoms with Crippen molar-refractivity contribution >= 4 is 23.2 Å². The first-order chi connectivity index (χ1) is 12.2. The minimum atomic E-state index is -0.566. The van der Waals surface area contributed by atoms with E-state index in [1.165, 1.54) is 5.56 Å². The molecule has 0 radical (unpaired) electrons. The van der Waals surface area contributed by atoms with Gasteiger partial charge < -0.3 is 10.6 Å². The maximum absolute atomic E-state index is 12.6. The summed E-state index contributed by atoms with van der Waals surface area (Å²) in [6, 6.07) is 8.98. The number of nitrogens with one attached hydrogen (secondary N) is 2. The minimum absolute atomic E-state index is 0.00438. The average molecular weight is 373 g/mol. The van der Waals surface area contributed by atoms with Gasteiger partial charge in [-0.2, -0.15) is 11.3 Å². The first-order valence-electron chi connectivity index (χ1n) is 8.88. The summed E-state index contributed by atoms with van der Waals surface area (Å²) >= 11 is 1.60. The Labute approximate surface area is 160 Å². The normalized spacial score (nSPS) is 12.7. The van der Waals surface area contributed by atoms with Gasteiger partial charge in [-0.05, 0) is 51.4 Å². The van der Waals surface area contributed by atoms with E-state index >= 15 is 0 Å². The standard InChI is InChI=1S/C21H28N2O2S/c1-14(2)18(20(25)22-12-15-10-11-26-13-15)23-19(24)16-6-8-17(9-7-16)21(3,4)5/h6-11,13-14,18H,12H2,1-5H3,(H,22,25)(H,23,24). The average Bonchev–Trinajstić information content (AvgIpc) is 3.10. The number of hydrogen-bond acceptors (Lipinski definition) is 3. The first kappa shape index (κ1) is 20.2. The van der Waals surface area contributed by atoms with Crippen molar-refractivity contribution in [1.82, 2.24) is 10.6 Å². The van der Waals surface area contributed by atoms with Crippen LogP contribution in [0.5, 0.6) is 0 Å². The highest BCUT2D eigenvalue weighted by Crippen LogP contribution is 2.22. The smallest absolute Gasteiger partial charge is 0.251 e. The second-order valence-corrected chi connectivity index (χ2v) is 8.65. The van der Waals surface area contributed by atoms with Gasteiger partial charge in [0.15, 0.2) is 0 Å². The van der Waals surface area contributed by atoms with E-state index in [0.717, 1.165) is 5.56 Å². The highest BCUT2D eigenvalue weighted by molar-refractivity contribution is 7.07. The summed E-state index contributed by atoms with van der Waals surface area (Å²) in [5, 5.41) is 9.75. The molecule has 1 atom stereocenters. The molecular formula is C21H28N2O2S. The predicted molar refractivity (Wildman–Crippen MR) is 107 cm³/mol. The van der Waals surface area contributed by atoms with Crippen LogP contribution in [0, 0.1) is 5.92 Å². The van der Waals surface area contributed by atoms with E-state index in [1.54, 1.807) is 11.3 Å². The molecule has 0 aliphatic carbocycles. The Morgan fingerprint density at radius 3 is 2.23 bits per heavy atom. The second-order valence-electron chi connectivity index (χ2n) is 7.87. The Kier molecular flexibility index (Phi) is 6.59. The van der Waals surface area contributed by atoms with Crippen LogP contribution in [0.2, 0.25) is 0 Å². The van der Waals surface area contributed by atoms with E-state index in [4.69, 9.17) is 0 Å². The summed E-state index contributed by atoms with van der Waals surface area (Å²) in [5.41, 5.74) is 2.84. The topological polar surface area (TPSA) is 58.2 Å². The van der Waals surface area contributed by atoms with Crippen molar-refractivity contribution in [3.05, 3.63) is 57.8 Å². The van der Waals surface area contributed by atoms with Crippen LogP contribution >= 0.6 is 11.3 Å². The lowest BCUT2D eigenvalue weighted by Crippen LogP contribution is -2.49. The fourth-order valence-corrected chi connectivity index (χ4v) is 3.24. The molecule has 1 aromatic carbocycles. The Morgan fingerprint density at radius 1 is 1.08 bits per heavy atom. The van der Waals surface area contributed by atoms with Crippen LogP contribution < -0.4 is 10.6 Å². The lowest BCUT2D eigenvalue weighted by molar-refractivity contribution is -0.124. The van der Waals surface area contributed by atoms with Crippen molar-refractivity contribution in [3.63, 3.8) is 0 Å². The van der Waals surface area contributed by atoms with Crippen molar-refractivity contribution in [1.29, 1.82) is 0 Å². The van der Waals surface area contributed by atoms with Gasteiger partial charge in [-0.3, -0.25) is 9.59 Å². The van der Waals surface area contributed by atoms with E-state index in [1.807, 2.05) is 54.9 Å². The molecule has 0 saturated heterocycles. The van der Waals surface area contributed by atoms with Crippen LogP contribution in [0.25, 0.3) is 0 Å². The van der Waals surface area contributed by atoms with Crippen LogP contribution in [0.3, 0.4) is 0 Å². The van der Waals surface area contributed by atoms with Crippen LogP contribution in [-0.4, -0.2) is 17.9 Å². The molecule has 0 fully saturated rings. The van der Waals surface area contributed by atoms with Gasteiger partial charge in [0.2, 0.25) is 5.91 Å². The van der Waals surface area contributed by atoms with Crippen molar-refractivity contribution in [2.45, 2.75) is 52.6 Å². The van der Waals surface area contributed by atoms with Crippen LogP contribution in [0.15, 0.2) is 41.1 Å². The van der Waals surface area contributed by atoms with Crippen LogP contribution in [-0.2, 0) is 16.8 Å². The molecule has 1 heterocycles. The van der Waals surface area contributed by atoms with Crippen molar-refractivity contribution in [2.75, 3.05) is 0 Å². The fraction of sp³-hybridized carbons (Fsp3) is 0.429. The summed E-state index contributed by atoms with van der Waals surface area (Å²) in [5.74, 6) is -0.393. The highest BCUT2D eigenvalue weighted by atomic mass is 32.1. The van der Waals surface area contributed by atoms with Gasteiger partial charge in [-0.25, -0.2) is 0 Å². The molecule has 26 heavy (non-hydrogen) atoms. The van der Waals surface area contributed by atoms with Gasteiger partial charge in [0.1, 0.15) is 6.04 Å². The Balaban J connectivity index is 2.01. The molecule has 140 valence electrons. The summed E-state index contributed by atoms with van der Waals surface area (Å²) in [6.45, 7) is 10.7. The second kappa shape index (κ2) is 8.49. The quantitative estimate of drug-likeness (QED) is 0.801. The molecule has 1 unspecified atom stereocenters. The van der Waals surface area contributed by atoms with Crippen LogP contribution in [0.1, 0.15) is 56.1 Å². The zero-order valence-corrected chi connectivity index (χ0v) is 16.9. The molecule has 0 aliphatic heterocycles. The van der Waals surface area contributed by atoms with Crippen molar-refractivity contribution in [2.24, 2.45) is 5.92 Å². The third-order valence-electron chi connectivity index (χ3n) is 4.30. The number of carbonyl (C=O) groups excluding carboxylic acids is 2. The molecule has 2 amide bonds. The van der Waals surface area contributed by atoms with Crippen molar-refractivity contribution in [3.8, 4) is 0 Å². The van der Waals surface area contributed by atoms with Gasteiger partial charge in [0.05, 0.1) is 0 Å². The first-order valence-corrected chi connectivity index (χ1v) is 9.83. The molecule has 2 rings (SSSR count). The number of amides is 2. The lowest BCUT2D eigenvalue weighted by Gasteiger charge is -2.22. The van der Waals surface area contributed by atoms with Gasteiger partial charge in [0.25, 0.3) is 5.91 Å². The number of carbonyl (C=O) groups is 2. The SMILES string of the molecule is CC(C)C(NC(=O)c1ccc(C(C)(C)C)cc1)C(=O)NCc1ccsc1. The van der Waals surface area contributed by atoms with Gasteiger partial charge in [-0.15, -0.1) is 0 Å². The monoisotopic (exact) mass is 372 g/mol. The third kappa shape index (κ3) is 5.43. The van der Waals surface area contributed by atoms with E-state index in [0.29, 0.717) is 12.1 Å². The van der Waals surface area contributed by atoms with E-state index in [-0.39, 0.29) is 23.1 Å².